The zero-order valence-electron chi connectivity index (χ0n) is 16.1. The van der Waals surface area contributed by atoms with Crippen molar-refractivity contribution in [3.8, 4) is 10.6 Å². The fraction of sp³-hybridized carbons (Fsp3) is 0.227. The largest absolute Gasteiger partial charge is 0.376 e. The fourth-order valence-electron chi connectivity index (χ4n) is 3.22. The maximum atomic E-state index is 12.8. The second kappa shape index (κ2) is 9.38. The maximum absolute atomic E-state index is 12.8. The number of ether oxygens (including phenoxy) is 1. The summed E-state index contributed by atoms with van der Waals surface area (Å²) in [6.45, 7) is 1.19. The number of anilines is 1. The van der Waals surface area contributed by atoms with Gasteiger partial charge in [-0.1, -0.05) is 41.9 Å². The molecule has 2 amide bonds. The lowest BCUT2D eigenvalue weighted by Gasteiger charge is -2.13. The summed E-state index contributed by atoms with van der Waals surface area (Å²) < 4.78 is 5.54. The molecule has 2 N–H and O–H groups in total. The minimum absolute atomic E-state index is 0.0520. The molecule has 1 aliphatic rings. The van der Waals surface area contributed by atoms with Gasteiger partial charge in [-0.2, -0.15) is 0 Å². The molecule has 4 rings (SSSR count). The van der Waals surface area contributed by atoms with Crippen LogP contribution < -0.4 is 10.6 Å². The van der Waals surface area contributed by atoms with E-state index in [4.69, 9.17) is 16.3 Å². The lowest BCUT2D eigenvalue weighted by Crippen LogP contribution is -2.32. The van der Waals surface area contributed by atoms with E-state index < -0.39 is 0 Å². The molecule has 154 valence electrons. The predicted molar refractivity (Wildman–Crippen MR) is 118 cm³/mol. The number of halogens is 1. The molecule has 2 heterocycles. The van der Waals surface area contributed by atoms with Gasteiger partial charge in [-0.3, -0.25) is 9.59 Å². The maximum Gasteiger partial charge on any atom is 0.267 e. The van der Waals surface area contributed by atoms with Crippen molar-refractivity contribution in [3.05, 3.63) is 70.2 Å². The van der Waals surface area contributed by atoms with E-state index in [1.807, 2.05) is 18.2 Å². The number of thiazole rings is 1. The number of nitrogens with one attached hydrogen (secondary N) is 2. The molecule has 1 aliphatic heterocycles. The number of hydrogen-bond donors (Lipinski definition) is 2. The molecular formula is C22H20ClN3O3S. The van der Waals surface area contributed by atoms with E-state index in [2.05, 4.69) is 15.6 Å². The smallest absolute Gasteiger partial charge is 0.267 e. The van der Waals surface area contributed by atoms with Crippen molar-refractivity contribution >= 4 is 40.4 Å². The van der Waals surface area contributed by atoms with Gasteiger partial charge in [-0.05, 0) is 31.0 Å². The standard InChI is InChI=1S/C22H20ClN3O3S/c23-17-9-3-1-7-15(17)22-25-13-19(30-22)21(28)26-18-10-4-2-8-16(18)20(27)24-12-14-6-5-11-29-14/h1-4,7-10,13-14H,5-6,11-12H2,(H,24,27)(H,26,28). The van der Waals surface area contributed by atoms with Crippen LogP contribution in [-0.4, -0.2) is 36.1 Å². The Morgan fingerprint density at radius 2 is 1.93 bits per heavy atom. The van der Waals surface area contributed by atoms with Crippen LogP contribution in [0.4, 0.5) is 5.69 Å². The van der Waals surface area contributed by atoms with Gasteiger partial charge < -0.3 is 15.4 Å². The van der Waals surface area contributed by atoms with Gasteiger partial charge in [-0.25, -0.2) is 4.98 Å². The minimum Gasteiger partial charge on any atom is -0.376 e. The molecule has 0 radical (unpaired) electrons. The zero-order valence-corrected chi connectivity index (χ0v) is 17.6. The fourth-order valence-corrected chi connectivity index (χ4v) is 4.35. The summed E-state index contributed by atoms with van der Waals surface area (Å²) in [6, 6.07) is 14.3. The van der Waals surface area contributed by atoms with E-state index in [0.717, 1.165) is 25.0 Å². The van der Waals surface area contributed by atoms with Crippen molar-refractivity contribution in [2.45, 2.75) is 18.9 Å². The van der Waals surface area contributed by atoms with Crippen LogP contribution in [0.1, 0.15) is 32.9 Å². The minimum atomic E-state index is -0.329. The van der Waals surface area contributed by atoms with Crippen LogP contribution in [0.2, 0.25) is 5.02 Å². The highest BCUT2D eigenvalue weighted by Gasteiger charge is 2.19. The summed E-state index contributed by atoms with van der Waals surface area (Å²) in [4.78, 5) is 30.1. The third kappa shape index (κ3) is 4.70. The Hall–Kier alpha value is -2.74. The Morgan fingerprint density at radius 3 is 2.73 bits per heavy atom. The summed E-state index contributed by atoms with van der Waals surface area (Å²) in [5.41, 5.74) is 1.62. The molecule has 1 atom stereocenters. The van der Waals surface area contributed by atoms with Gasteiger partial charge in [0.1, 0.15) is 9.88 Å². The van der Waals surface area contributed by atoms with Gasteiger partial charge in [0.15, 0.2) is 0 Å². The average molecular weight is 442 g/mol. The van der Waals surface area contributed by atoms with Gasteiger partial charge >= 0.3 is 0 Å². The molecule has 2 aromatic carbocycles. The Kier molecular flexibility index (Phi) is 6.42. The summed E-state index contributed by atoms with van der Waals surface area (Å²) in [7, 11) is 0. The van der Waals surface area contributed by atoms with Crippen LogP contribution in [0, 0.1) is 0 Å². The lowest BCUT2D eigenvalue weighted by molar-refractivity contribution is 0.0858. The highest BCUT2D eigenvalue weighted by atomic mass is 35.5. The first kappa shape index (κ1) is 20.5. The molecule has 0 spiro atoms. The van der Waals surface area contributed by atoms with Crippen LogP contribution in [0.25, 0.3) is 10.6 Å². The van der Waals surface area contributed by atoms with Gasteiger partial charge in [0.05, 0.1) is 28.6 Å². The number of aromatic nitrogens is 1. The van der Waals surface area contributed by atoms with Gasteiger partial charge in [0.25, 0.3) is 11.8 Å². The summed E-state index contributed by atoms with van der Waals surface area (Å²) in [6.07, 6.45) is 3.52. The SMILES string of the molecule is O=C(Nc1ccccc1C(=O)NCC1CCCO1)c1cnc(-c2ccccc2Cl)s1. The van der Waals surface area contributed by atoms with Crippen LogP contribution in [0.5, 0.6) is 0 Å². The molecule has 1 fully saturated rings. The third-order valence-corrected chi connectivity index (χ3v) is 6.13. The quantitative estimate of drug-likeness (QED) is 0.584. The Labute approximate surface area is 183 Å². The molecule has 0 saturated carbocycles. The number of hydrogen-bond acceptors (Lipinski definition) is 5. The highest BCUT2D eigenvalue weighted by molar-refractivity contribution is 7.17. The number of carbonyl (C=O) groups is 2. The number of amides is 2. The van der Waals surface area contributed by atoms with Crippen LogP contribution in [-0.2, 0) is 4.74 Å². The average Bonchev–Trinajstić information content (AvgIpc) is 3.45. The van der Waals surface area contributed by atoms with Crippen molar-refractivity contribution in [2.24, 2.45) is 0 Å². The Morgan fingerprint density at radius 1 is 1.13 bits per heavy atom. The van der Waals surface area contributed by atoms with E-state index in [-0.39, 0.29) is 17.9 Å². The van der Waals surface area contributed by atoms with E-state index in [1.54, 1.807) is 30.3 Å². The molecule has 6 nitrogen and oxygen atoms in total. The topological polar surface area (TPSA) is 80.3 Å². The predicted octanol–water partition coefficient (Wildman–Crippen LogP) is 4.62. The van der Waals surface area contributed by atoms with Crippen molar-refractivity contribution in [3.63, 3.8) is 0 Å². The number of benzene rings is 2. The van der Waals surface area contributed by atoms with E-state index >= 15 is 0 Å². The van der Waals surface area contributed by atoms with Crippen molar-refractivity contribution in [1.29, 1.82) is 0 Å². The van der Waals surface area contributed by atoms with Gasteiger partial charge in [-0.15, -0.1) is 11.3 Å². The molecule has 0 aliphatic carbocycles. The molecule has 1 unspecified atom stereocenters. The Bertz CT molecular complexity index is 1060. The van der Waals surface area contributed by atoms with E-state index in [0.29, 0.717) is 32.7 Å². The number of nitrogens with zero attached hydrogens (tertiary/aromatic N) is 1. The number of para-hydroxylation sites is 1. The van der Waals surface area contributed by atoms with Gasteiger partial charge in [0.2, 0.25) is 0 Å². The van der Waals surface area contributed by atoms with E-state index in [1.165, 1.54) is 17.5 Å². The monoisotopic (exact) mass is 441 g/mol. The van der Waals surface area contributed by atoms with Gasteiger partial charge in [0, 0.05) is 18.7 Å². The lowest BCUT2D eigenvalue weighted by atomic mass is 10.1. The zero-order chi connectivity index (χ0) is 20.9. The molecular weight excluding hydrogens is 422 g/mol. The van der Waals surface area contributed by atoms with Crippen molar-refractivity contribution < 1.29 is 14.3 Å². The molecule has 1 saturated heterocycles. The molecule has 30 heavy (non-hydrogen) atoms. The molecule has 1 aromatic heterocycles. The van der Waals surface area contributed by atoms with Crippen molar-refractivity contribution in [1.82, 2.24) is 10.3 Å². The second-order valence-electron chi connectivity index (χ2n) is 6.85. The molecule has 0 bridgehead atoms. The summed E-state index contributed by atoms with van der Waals surface area (Å²) >= 11 is 7.47. The first-order valence-electron chi connectivity index (χ1n) is 9.63. The number of rotatable bonds is 6. The summed E-state index contributed by atoms with van der Waals surface area (Å²) in [5, 5.41) is 6.94. The van der Waals surface area contributed by atoms with Crippen molar-refractivity contribution in [2.75, 3.05) is 18.5 Å². The highest BCUT2D eigenvalue weighted by Crippen LogP contribution is 2.31. The molecule has 3 aromatic rings. The first-order valence-corrected chi connectivity index (χ1v) is 10.8. The normalized spacial score (nSPS) is 15.7. The van der Waals surface area contributed by atoms with E-state index in [9.17, 15) is 9.59 Å². The van der Waals surface area contributed by atoms with Crippen LogP contribution in [0.15, 0.2) is 54.7 Å². The first-order chi connectivity index (χ1) is 14.6. The van der Waals surface area contributed by atoms with Crippen LogP contribution >= 0.6 is 22.9 Å². The second-order valence-corrected chi connectivity index (χ2v) is 8.29. The Balaban J connectivity index is 1.46. The third-order valence-electron chi connectivity index (χ3n) is 4.77. The summed E-state index contributed by atoms with van der Waals surface area (Å²) in [5.74, 6) is -0.576. The number of carbonyl (C=O) groups excluding carboxylic acids is 2. The van der Waals surface area contributed by atoms with Crippen LogP contribution in [0.3, 0.4) is 0 Å². The molecule has 8 heteroatoms.